The summed E-state index contributed by atoms with van der Waals surface area (Å²) in [4.78, 5) is 0. The van der Waals surface area contributed by atoms with Crippen LogP contribution in [-0.4, -0.2) is 25.8 Å². The summed E-state index contributed by atoms with van der Waals surface area (Å²) in [5.41, 5.74) is 3.04. The molecule has 2 nitrogen and oxygen atoms in total. The van der Waals surface area contributed by atoms with Gasteiger partial charge in [-0.1, -0.05) is 43.7 Å². The molecule has 1 aromatic rings. The van der Waals surface area contributed by atoms with Crippen molar-refractivity contribution < 1.29 is 4.74 Å². The molecule has 2 heteroatoms. The zero-order valence-electron chi connectivity index (χ0n) is 13.4. The Morgan fingerprint density at radius 3 is 2.80 bits per heavy atom. The van der Waals surface area contributed by atoms with Crippen LogP contribution in [0.5, 0.6) is 0 Å². The van der Waals surface area contributed by atoms with Gasteiger partial charge in [0.15, 0.2) is 0 Å². The molecule has 0 amide bonds. The van der Waals surface area contributed by atoms with Crippen LogP contribution in [0.3, 0.4) is 0 Å². The number of benzene rings is 1. The Morgan fingerprint density at radius 1 is 1.40 bits per heavy atom. The van der Waals surface area contributed by atoms with E-state index in [4.69, 9.17) is 4.74 Å². The van der Waals surface area contributed by atoms with Crippen LogP contribution in [0, 0.1) is 18.3 Å². The van der Waals surface area contributed by atoms with Crippen molar-refractivity contribution in [2.45, 2.75) is 46.6 Å². The first-order chi connectivity index (χ1) is 9.52. The topological polar surface area (TPSA) is 21.3 Å². The SMILES string of the molecule is Cc1cccc(CC2(CNCC(C)C)CCOC2C)c1. The summed E-state index contributed by atoms with van der Waals surface area (Å²) in [6, 6.07) is 8.90. The Bertz CT molecular complexity index is 429. The number of aryl methyl sites for hydroxylation is 1. The molecule has 1 aliphatic heterocycles. The first-order valence-corrected chi connectivity index (χ1v) is 7.90. The molecule has 0 radical (unpaired) electrons. The monoisotopic (exact) mass is 275 g/mol. The molecule has 0 aromatic heterocycles. The Morgan fingerprint density at radius 2 is 2.20 bits per heavy atom. The number of hydrogen-bond donors (Lipinski definition) is 1. The van der Waals surface area contributed by atoms with Gasteiger partial charge in [0.2, 0.25) is 0 Å². The second-order valence-electron chi connectivity index (χ2n) is 6.82. The number of nitrogens with one attached hydrogen (secondary N) is 1. The number of ether oxygens (including phenoxy) is 1. The highest BCUT2D eigenvalue weighted by molar-refractivity contribution is 5.24. The van der Waals surface area contributed by atoms with Crippen LogP contribution in [0.2, 0.25) is 0 Å². The van der Waals surface area contributed by atoms with E-state index in [1.807, 2.05) is 0 Å². The van der Waals surface area contributed by atoms with Crippen molar-refractivity contribution in [2.24, 2.45) is 11.3 Å². The van der Waals surface area contributed by atoms with Crippen molar-refractivity contribution in [1.82, 2.24) is 5.32 Å². The van der Waals surface area contributed by atoms with Gasteiger partial charge in [-0.05, 0) is 44.7 Å². The maximum atomic E-state index is 5.89. The van der Waals surface area contributed by atoms with E-state index in [1.165, 1.54) is 11.1 Å². The maximum Gasteiger partial charge on any atom is 0.0619 e. The minimum Gasteiger partial charge on any atom is -0.378 e. The molecule has 0 spiro atoms. The zero-order chi connectivity index (χ0) is 14.6. The van der Waals surface area contributed by atoms with E-state index in [1.54, 1.807) is 0 Å². The van der Waals surface area contributed by atoms with Crippen molar-refractivity contribution in [1.29, 1.82) is 0 Å². The van der Waals surface area contributed by atoms with Crippen LogP contribution < -0.4 is 5.32 Å². The van der Waals surface area contributed by atoms with E-state index < -0.39 is 0 Å². The fourth-order valence-electron chi connectivity index (χ4n) is 3.18. The average Bonchev–Trinajstić information content (AvgIpc) is 2.70. The second kappa shape index (κ2) is 6.73. The van der Waals surface area contributed by atoms with Gasteiger partial charge < -0.3 is 10.1 Å². The van der Waals surface area contributed by atoms with E-state index in [9.17, 15) is 0 Å². The quantitative estimate of drug-likeness (QED) is 0.857. The van der Waals surface area contributed by atoms with Gasteiger partial charge in [-0.2, -0.15) is 0 Å². The molecule has 0 aliphatic carbocycles. The third-order valence-electron chi connectivity index (χ3n) is 4.50. The minimum atomic E-state index is 0.253. The molecular weight excluding hydrogens is 246 g/mol. The Labute approximate surface area is 123 Å². The fourth-order valence-corrected chi connectivity index (χ4v) is 3.18. The van der Waals surface area contributed by atoms with Crippen LogP contribution in [0.1, 0.15) is 38.3 Å². The van der Waals surface area contributed by atoms with Gasteiger partial charge in [0.05, 0.1) is 6.10 Å². The summed E-state index contributed by atoms with van der Waals surface area (Å²) in [5.74, 6) is 0.698. The third-order valence-corrected chi connectivity index (χ3v) is 4.50. The van der Waals surface area contributed by atoms with E-state index in [0.717, 1.165) is 32.5 Å². The molecule has 0 saturated carbocycles. The third kappa shape index (κ3) is 3.83. The summed E-state index contributed by atoms with van der Waals surface area (Å²) in [5, 5.41) is 3.65. The van der Waals surface area contributed by atoms with Gasteiger partial charge in [0.1, 0.15) is 0 Å². The predicted octanol–water partition coefficient (Wildman–Crippen LogP) is 3.58. The normalized spacial score (nSPS) is 26.4. The van der Waals surface area contributed by atoms with Crippen LogP contribution >= 0.6 is 0 Å². The lowest BCUT2D eigenvalue weighted by Crippen LogP contribution is -2.42. The highest BCUT2D eigenvalue weighted by atomic mass is 16.5. The largest absolute Gasteiger partial charge is 0.378 e. The average molecular weight is 275 g/mol. The van der Waals surface area contributed by atoms with Crippen LogP contribution in [0.15, 0.2) is 24.3 Å². The summed E-state index contributed by atoms with van der Waals surface area (Å²) in [6.07, 6.45) is 2.61. The molecule has 0 bridgehead atoms. The van der Waals surface area contributed by atoms with Crippen LogP contribution in [-0.2, 0) is 11.2 Å². The molecule has 20 heavy (non-hydrogen) atoms. The molecule has 2 unspecified atom stereocenters. The van der Waals surface area contributed by atoms with E-state index in [-0.39, 0.29) is 5.41 Å². The van der Waals surface area contributed by atoms with E-state index in [0.29, 0.717) is 12.0 Å². The molecule has 1 heterocycles. The van der Waals surface area contributed by atoms with Crippen molar-refractivity contribution in [3.8, 4) is 0 Å². The lowest BCUT2D eigenvalue weighted by Gasteiger charge is -2.33. The smallest absolute Gasteiger partial charge is 0.0619 e. The molecule has 1 aliphatic rings. The Hall–Kier alpha value is -0.860. The van der Waals surface area contributed by atoms with Crippen LogP contribution in [0.25, 0.3) is 0 Å². The van der Waals surface area contributed by atoms with Gasteiger partial charge in [0, 0.05) is 18.6 Å². The highest BCUT2D eigenvalue weighted by Crippen LogP contribution is 2.37. The van der Waals surface area contributed by atoms with E-state index in [2.05, 4.69) is 57.3 Å². The highest BCUT2D eigenvalue weighted by Gasteiger charge is 2.41. The zero-order valence-corrected chi connectivity index (χ0v) is 13.4. The van der Waals surface area contributed by atoms with Crippen molar-refractivity contribution in [3.05, 3.63) is 35.4 Å². The first-order valence-electron chi connectivity index (χ1n) is 7.90. The fraction of sp³-hybridized carbons (Fsp3) is 0.667. The summed E-state index contributed by atoms with van der Waals surface area (Å²) < 4.78 is 5.89. The summed E-state index contributed by atoms with van der Waals surface area (Å²) in [6.45, 7) is 12.0. The van der Waals surface area contributed by atoms with Gasteiger partial charge in [-0.25, -0.2) is 0 Å². The molecule has 1 N–H and O–H groups in total. The van der Waals surface area contributed by atoms with Gasteiger partial charge in [-0.15, -0.1) is 0 Å². The summed E-state index contributed by atoms with van der Waals surface area (Å²) in [7, 11) is 0. The second-order valence-corrected chi connectivity index (χ2v) is 6.82. The minimum absolute atomic E-state index is 0.253. The Kier molecular flexibility index (Phi) is 5.22. The first kappa shape index (κ1) is 15.5. The molecule has 2 rings (SSSR count). The van der Waals surface area contributed by atoms with Crippen molar-refractivity contribution in [2.75, 3.05) is 19.7 Å². The van der Waals surface area contributed by atoms with E-state index >= 15 is 0 Å². The molecule has 1 fully saturated rings. The summed E-state index contributed by atoms with van der Waals surface area (Å²) >= 11 is 0. The van der Waals surface area contributed by atoms with Crippen molar-refractivity contribution >= 4 is 0 Å². The number of rotatable bonds is 6. The predicted molar refractivity (Wildman–Crippen MR) is 85.1 cm³/mol. The maximum absolute atomic E-state index is 5.89. The number of hydrogen-bond acceptors (Lipinski definition) is 2. The van der Waals surface area contributed by atoms with Crippen LogP contribution in [0.4, 0.5) is 0 Å². The molecule has 2 atom stereocenters. The van der Waals surface area contributed by atoms with Gasteiger partial charge >= 0.3 is 0 Å². The standard InChI is InChI=1S/C18H29NO/c1-14(2)12-19-13-18(8-9-20-16(18)4)11-17-7-5-6-15(3)10-17/h5-7,10,14,16,19H,8-9,11-13H2,1-4H3. The van der Waals surface area contributed by atoms with Crippen molar-refractivity contribution in [3.63, 3.8) is 0 Å². The molecule has 1 saturated heterocycles. The van der Waals surface area contributed by atoms with Gasteiger partial charge in [0.25, 0.3) is 0 Å². The molecule has 1 aromatic carbocycles. The molecule has 112 valence electrons. The molecular formula is C18H29NO. The van der Waals surface area contributed by atoms with Gasteiger partial charge in [-0.3, -0.25) is 0 Å². The Balaban J connectivity index is 2.07. The lowest BCUT2D eigenvalue weighted by atomic mass is 9.76. The lowest BCUT2D eigenvalue weighted by molar-refractivity contribution is 0.0627.